The number of rotatable bonds is 9. The van der Waals surface area contributed by atoms with E-state index in [2.05, 4.69) is 77.5 Å². The molecule has 2 N–H and O–H groups in total. The van der Waals surface area contributed by atoms with Crippen LogP contribution in [0.1, 0.15) is 42.3 Å². The van der Waals surface area contributed by atoms with Gasteiger partial charge in [0.15, 0.2) is 5.96 Å². The Kier molecular flexibility index (Phi) is 8.97. The van der Waals surface area contributed by atoms with Crippen molar-refractivity contribution in [3.8, 4) is 0 Å². The van der Waals surface area contributed by atoms with Gasteiger partial charge in [0.05, 0.1) is 12.2 Å². The predicted molar refractivity (Wildman–Crippen MR) is 135 cm³/mol. The predicted octanol–water partition coefficient (Wildman–Crippen LogP) is 3.00. The molecule has 0 bridgehead atoms. The molecule has 0 amide bonds. The molecule has 1 aliphatic heterocycles. The van der Waals surface area contributed by atoms with E-state index in [1.54, 1.807) is 0 Å². The maximum Gasteiger partial charge on any atom is 0.191 e. The van der Waals surface area contributed by atoms with Gasteiger partial charge in [0.25, 0.3) is 0 Å². The summed E-state index contributed by atoms with van der Waals surface area (Å²) in [5, 5.41) is 11.3. The Morgan fingerprint density at radius 2 is 1.84 bits per heavy atom. The lowest BCUT2D eigenvalue weighted by molar-refractivity contribution is 0.253. The molecule has 1 saturated heterocycles. The molecule has 1 fully saturated rings. The molecule has 2 aromatic rings. The zero-order chi connectivity index (χ0) is 22.9. The summed E-state index contributed by atoms with van der Waals surface area (Å²) in [5.74, 6) is 0.891. The largest absolute Gasteiger partial charge is 0.369 e. The van der Waals surface area contributed by atoms with E-state index in [-0.39, 0.29) is 0 Å². The van der Waals surface area contributed by atoms with Gasteiger partial charge in [0.2, 0.25) is 0 Å². The second kappa shape index (κ2) is 11.9. The molecule has 7 nitrogen and oxygen atoms in total. The average molecular weight is 440 g/mol. The van der Waals surface area contributed by atoms with Crippen LogP contribution in [0.25, 0.3) is 0 Å². The van der Waals surface area contributed by atoms with Crippen molar-refractivity contribution < 1.29 is 0 Å². The van der Waals surface area contributed by atoms with E-state index >= 15 is 0 Å². The zero-order valence-electron chi connectivity index (χ0n) is 20.6. The molecule has 3 rings (SSSR count). The molecule has 1 aliphatic rings. The number of aliphatic imine (C=N–C) groups is 1. The summed E-state index contributed by atoms with van der Waals surface area (Å²) in [6.45, 7) is 16.6. The van der Waals surface area contributed by atoms with Gasteiger partial charge in [0, 0.05) is 63.3 Å². The van der Waals surface area contributed by atoms with Crippen LogP contribution in [0.2, 0.25) is 0 Å². The first kappa shape index (κ1) is 24.1. The van der Waals surface area contributed by atoms with Crippen LogP contribution in [0.3, 0.4) is 0 Å². The third-order valence-corrected chi connectivity index (χ3v) is 6.33. The van der Waals surface area contributed by atoms with Gasteiger partial charge in [-0.15, -0.1) is 0 Å². The molecule has 1 aromatic carbocycles. The fourth-order valence-electron chi connectivity index (χ4n) is 4.27. The minimum Gasteiger partial charge on any atom is -0.369 e. The number of nitrogens with one attached hydrogen (secondary N) is 2. The number of hydrogen-bond donors (Lipinski definition) is 2. The van der Waals surface area contributed by atoms with E-state index in [9.17, 15) is 0 Å². The molecule has 176 valence electrons. The molecule has 0 saturated carbocycles. The van der Waals surface area contributed by atoms with Crippen LogP contribution in [-0.4, -0.2) is 66.5 Å². The summed E-state index contributed by atoms with van der Waals surface area (Å²) in [5.41, 5.74) is 6.16. The Morgan fingerprint density at radius 3 is 2.50 bits per heavy atom. The van der Waals surface area contributed by atoms with Crippen molar-refractivity contribution in [2.24, 2.45) is 12.0 Å². The highest BCUT2D eigenvalue weighted by molar-refractivity contribution is 5.79. The highest BCUT2D eigenvalue weighted by Gasteiger charge is 2.16. The second-order valence-corrected chi connectivity index (χ2v) is 8.77. The van der Waals surface area contributed by atoms with Gasteiger partial charge < -0.3 is 15.5 Å². The Morgan fingerprint density at radius 1 is 1.06 bits per heavy atom. The van der Waals surface area contributed by atoms with Crippen LogP contribution in [-0.2, 0) is 13.6 Å². The summed E-state index contributed by atoms with van der Waals surface area (Å²) >= 11 is 0. The van der Waals surface area contributed by atoms with Gasteiger partial charge in [-0.25, -0.2) is 4.99 Å². The molecule has 0 spiro atoms. The van der Waals surface area contributed by atoms with Crippen molar-refractivity contribution in [2.75, 3.05) is 50.7 Å². The van der Waals surface area contributed by atoms with Crippen LogP contribution < -0.4 is 15.5 Å². The Balaban J connectivity index is 1.36. The summed E-state index contributed by atoms with van der Waals surface area (Å²) in [4.78, 5) is 9.88. The number of aryl methyl sites for hydroxylation is 3. The lowest BCUT2D eigenvalue weighted by Gasteiger charge is -2.36. The minimum atomic E-state index is 0.659. The van der Waals surface area contributed by atoms with E-state index in [1.807, 2.05) is 11.7 Å². The van der Waals surface area contributed by atoms with Gasteiger partial charge in [-0.05, 0) is 64.8 Å². The van der Waals surface area contributed by atoms with Crippen molar-refractivity contribution in [3.05, 3.63) is 46.8 Å². The fraction of sp³-hybridized carbons (Fsp3) is 0.600. The highest BCUT2D eigenvalue weighted by atomic mass is 15.3. The van der Waals surface area contributed by atoms with Crippen molar-refractivity contribution in [3.63, 3.8) is 0 Å². The standard InChI is InChI=1S/C25H41N7/c1-6-26-25(28-19-24-21(3)29-30(5)22(24)4)27-12-7-8-13-31-14-16-32(17-15-31)23-11-9-10-20(2)18-23/h9-11,18H,6-8,12-17,19H2,1-5H3,(H2,26,27,28). The zero-order valence-corrected chi connectivity index (χ0v) is 20.6. The van der Waals surface area contributed by atoms with E-state index in [0.717, 1.165) is 57.3 Å². The molecular formula is C25H41N7. The molecule has 2 heterocycles. The number of hydrogen-bond acceptors (Lipinski definition) is 4. The van der Waals surface area contributed by atoms with Crippen molar-refractivity contribution >= 4 is 11.6 Å². The number of anilines is 1. The molecule has 7 heteroatoms. The monoisotopic (exact) mass is 439 g/mol. The SMILES string of the molecule is CCNC(=NCc1c(C)nn(C)c1C)NCCCCN1CCN(c2cccc(C)c2)CC1. The van der Waals surface area contributed by atoms with E-state index < -0.39 is 0 Å². The number of piperazine rings is 1. The van der Waals surface area contributed by atoms with Gasteiger partial charge >= 0.3 is 0 Å². The smallest absolute Gasteiger partial charge is 0.191 e. The molecule has 0 unspecified atom stereocenters. The summed E-state index contributed by atoms with van der Waals surface area (Å²) in [7, 11) is 1.99. The van der Waals surface area contributed by atoms with Gasteiger partial charge in [0.1, 0.15) is 0 Å². The van der Waals surface area contributed by atoms with Crippen LogP contribution in [0.4, 0.5) is 5.69 Å². The fourth-order valence-corrected chi connectivity index (χ4v) is 4.27. The third kappa shape index (κ3) is 6.73. The molecule has 1 aromatic heterocycles. The lowest BCUT2D eigenvalue weighted by Crippen LogP contribution is -2.46. The maximum atomic E-state index is 4.77. The summed E-state index contributed by atoms with van der Waals surface area (Å²) in [6, 6.07) is 8.85. The van der Waals surface area contributed by atoms with Crippen LogP contribution in [0, 0.1) is 20.8 Å². The number of aromatic nitrogens is 2. The average Bonchev–Trinajstić information content (AvgIpc) is 3.03. The van der Waals surface area contributed by atoms with Crippen LogP contribution >= 0.6 is 0 Å². The van der Waals surface area contributed by atoms with Crippen molar-refractivity contribution in [2.45, 2.75) is 47.1 Å². The molecule has 0 atom stereocenters. The first-order valence-corrected chi connectivity index (χ1v) is 12.0. The van der Waals surface area contributed by atoms with Crippen LogP contribution in [0.5, 0.6) is 0 Å². The number of unbranched alkanes of at least 4 members (excludes halogenated alkanes) is 1. The highest BCUT2D eigenvalue weighted by Crippen LogP contribution is 2.18. The Bertz CT molecular complexity index is 878. The topological polar surface area (TPSA) is 60.7 Å². The van der Waals surface area contributed by atoms with E-state index in [4.69, 9.17) is 4.99 Å². The number of nitrogens with zero attached hydrogens (tertiary/aromatic N) is 5. The Hall–Kier alpha value is -2.54. The molecule has 0 radical (unpaired) electrons. The maximum absolute atomic E-state index is 4.77. The van der Waals surface area contributed by atoms with Crippen molar-refractivity contribution in [1.82, 2.24) is 25.3 Å². The van der Waals surface area contributed by atoms with Crippen LogP contribution in [0.15, 0.2) is 29.3 Å². The van der Waals surface area contributed by atoms with Gasteiger partial charge in [-0.1, -0.05) is 12.1 Å². The first-order chi connectivity index (χ1) is 15.5. The molecular weight excluding hydrogens is 398 g/mol. The number of guanidine groups is 1. The normalized spacial score (nSPS) is 15.3. The first-order valence-electron chi connectivity index (χ1n) is 12.0. The van der Waals surface area contributed by atoms with Gasteiger partial charge in [-0.2, -0.15) is 5.10 Å². The van der Waals surface area contributed by atoms with E-state index in [1.165, 1.54) is 35.5 Å². The lowest BCUT2D eigenvalue weighted by atomic mass is 10.2. The summed E-state index contributed by atoms with van der Waals surface area (Å²) < 4.78 is 1.93. The minimum absolute atomic E-state index is 0.659. The summed E-state index contributed by atoms with van der Waals surface area (Å²) in [6.07, 6.45) is 2.35. The quantitative estimate of drug-likeness (QED) is 0.357. The van der Waals surface area contributed by atoms with E-state index in [0.29, 0.717) is 6.54 Å². The molecule has 32 heavy (non-hydrogen) atoms. The second-order valence-electron chi connectivity index (χ2n) is 8.77. The molecule has 0 aliphatic carbocycles. The third-order valence-electron chi connectivity index (χ3n) is 6.33. The number of benzene rings is 1. The Labute approximate surface area is 193 Å². The van der Waals surface area contributed by atoms with Crippen molar-refractivity contribution in [1.29, 1.82) is 0 Å². The van der Waals surface area contributed by atoms with Gasteiger partial charge in [-0.3, -0.25) is 9.58 Å².